The highest BCUT2D eigenvalue weighted by molar-refractivity contribution is 5.89. The first kappa shape index (κ1) is 22.1. The fourth-order valence-corrected chi connectivity index (χ4v) is 4.82. The lowest BCUT2D eigenvalue weighted by molar-refractivity contribution is -0.145. The van der Waals surface area contributed by atoms with Crippen molar-refractivity contribution in [1.29, 1.82) is 0 Å². The Morgan fingerprint density at radius 1 is 0.933 bits per heavy atom. The maximum Gasteiger partial charge on any atom is 0.318 e. The van der Waals surface area contributed by atoms with E-state index >= 15 is 0 Å². The molecule has 0 saturated heterocycles. The lowest BCUT2D eigenvalue weighted by Gasteiger charge is -2.39. The van der Waals surface area contributed by atoms with E-state index in [1.807, 2.05) is 42.5 Å². The maximum atomic E-state index is 12.8. The van der Waals surface area contributed by atoms with Crippen molar-refractivity contribution in [3.05, 3.63) is 70.3 Å². The Balaban J connectivity index is 2.18. The van der Waals surface area contributed by atoms with Gasteiger partial charge in [0.2, 0.25) is 0 Å². The van der Waals surface area contributed by atoms with Crippen LogP contribution < -0.4 is 0 Å². The monoisotopic (exact) mass is 408 g/mol. The molecule has 4 nitrogen and oxygen atoms in total. The number of hydrogen-bond acceptors (Lipinski definition) is 2. The Hall–Kier alpha value is -2.62. The fraction of sp³-hybridized carbons (Fsp3) is 0.462. The van der Waals surface area contributed by atoms with Gasteiger partial charge in [0.25, 0.3) is 0 Å². The highest BCUT2D eigenvalue weighted by Gasteiger charge is 2.48. The van der Waals surface area contributed by atoms with Gasteiger partial charge in [-0.2, -0.15) is 0 Å². The summed E-state index contributed by atoms with van der Waals surface area (Å²) < 4.78 is 0. The molecular weight excluding hydrogens is 376 g/mol. The molecule has 0 aliphatic heterocycles. The number of rotatable bonds is 7. The van der Waals surface area contributed by atoms with Crippen LogP contribution in [0.3, 0.4) is 0 Å². The minimum absolute atomic E-state index is 0.279. The van der Waals surface area contributed by atoms with E-state index in [4.69, 9.17) is 0 Å². The van der Waals surface area contributed by atoms with Gasteiger partial charge in [-0.1, -0.05) is 70.2 Å². The van der Waals surface area contributed by atoms with Crippen LogP contribution in [0.25, 0.3) is 0 Å². The van der Waals surface area contributed by atoms with E-state index in [0.717, 1.165) is 24.0 Å². The number of hydrogen-bond donors (Lipinski definition) is 2. The summed E-state index contributed by atoms with van der Waals surface area (Å²) in [6.07, 6.45) is 2.36. The summed E-state index contributed by atoms with van der Waals surface area (Å²) in [5.74, 6) is -1.52. The van der Waals surface area contributed by atoms with Gasteiger partial charge < -0.3 is 10.2 Å². The third-order valence-electron chi connectivity index (χ3n) is 6.16. The van der Waals surface area contributed by atoms with Gasteiger partial charge in [0.05, 0.1) is 5.92 Å². The number of fused-ring (bicyclic) bond motifs is 1. The number of carboxylic acid groups (broad SMARTS) is 2. The predicted octanol–water partition coefficient (Wildman–Crippen LogP) is 5.42. The standard InChI is InChI=1S/C26H32O4/c1-16(2)13-18-5-8-20(9-6-18)26(25(29)30)12-11-22(24(27)28)21-10-7-19(14-17(3)4)15-23(21)26/h5-10,15-17,22H,11-14H2,1-4H3,(H,27,28)(H,29,30)/t22-,26-/m0/s1. The normalized spacial score (nSPS) is 20.9. The molecule has 2 aromatic carbocycles. The summed E-state index contributed by atoms with van der Waals surface area (Å²) in [6, 6.07) is 13.6. The first-order chi connectivity index (χ1) is 14.1. The van der Waals surface area contributed by atoms with Gasteiger partial charge in [0, 0.05) is 0 Å². The van der Waals surface area contributed by atoms with E-state index in [1.165, 1.54) is 5.56 Å². The van der Waals surface area contributed by atoms with Gasteiger partial charge in [0.15, 0.2) is 0 Å². The van der Waals surface area contributed by atoms with E-state index in [2.05, 4.69) is 27.7 Å². The SMILES string of the molecule is CC(C)Cc1ccc([C@@]2(C(=O)O)CC[C@H](C(=O)O)c3ccc(CC(C)C)cc32)cc1. The summed E-state index contributed by atoms with van der Waals surface area (Å²) in [6.45, 7) is 8.56. The van der Waals surface area contributed by atoms with Crippen LogP contribution in [-0.2, 0) is 27.8 Å². The summed E-state index contributed by atoms with van der Waals surface area (Å²) in [5, 5.41) is 20.2. The Bertz CT molecular complexity index is 927. The largest absolute Gasteiger partial charge is 0.481 e. The molecule has 0 saturated carbocycles. The molecule has 30 heavy (non-hydrogen) atoms. The smallest absolute Gasteiger partial charge is 0.318 e. The maximum absolute atomic E-state index is 12.8. The van der Waals surface area contributed by atoms with Gasteiger partial charge in [0.1, 0.15) is 5.41 Å². The van der Waals surface area contributed by atoms with Gasteiger partial charge in [-0.15, -0.1) is 0 Å². The average Bonchev–Trinajstić information content (AvgIpc) is 2.66. The molecule has 0 aromatic heterocycles. The van der Waals surface area contributed by atoms with Gasteiger partial charge in [-0.3, -0.25) is 9.59 Å². The molecule has 1 aliphatic rings. The van der Waals surface area contributed by atoms with Crippen LogP contribution in [0, 0.1) is 11.8 Å². The molecule has 3 rings (SSSR count). The van der Waals surface area contributed by atoms with Crippen molar-refractivity contribution in [2.24, 2.45) is 11.8 Å². The summed E-state index contributed by atoms with van der Waals surface area (Å²) >= 11 is 0. The van der Waals surface area contributed by atoms with Crippen molar-refractivity contribution in [1.82, 2.24) is 0 Å². The van der Waals surface area contributed by atoms with Crippen molar-refractivity contribution in [2.75, 3.05) is 0 Å². The molecule has 2 N–H and O–H groups in total. The first-order valence-corrected chi connectivity index (χ1v) is 10.8. The number of benzene rings is 2. The van der Waals surface area contributed by atoms with Crippen LogP contribution in [-0.4, -0.2) is 22.2 Å². The van der Waals surface area contributed by atoms with E-state index < -0.39 is 23.3 Å². The van der Waals surface area contributed by atoms with Crippen molar-refractivity contribution in [2.45, 2.75) is 64.7 Å². The molecular formula is C26H32O4. The number of carboxylic acids is 2. The molecule has 0 spiro atoms. The third-order valence-corrected chi connectivity index (χ3v) is 6.16. The van der Waals surface area contributed by atoms with Crippen LogP contribution in [0.4, 0.5) is 0 Å². The van der Waals surface area contributed by atoms with Crippen LogP contribution in [0.15, 0.2) is 42.5 Å². The van der Waals surface area contributed by atoms with Crippen LogP contribution in [0.1, 0.15) is 74.3 Å². The zero-order valence-corrected chi connectivity index (χ0v) is 18.3. The Morgan fingerprint density at radius 3 is 2.03 bits per heavy atom. The Labute approximate surface area is 179 Å². The first-order valence-electron chi connectivity index (χ1n) is 10.8. The van der Waals surface area contributed by atoms with Crippen molar-refractivity contribution >= 4 is 11.9 Å². The summed E-state index contributed by atoms with van der Waals surface area (Å²) in [7, 11) is 0. The van der Waals surface area contributed by atoms with E-state index in [-0.39, 0.29) is 6.42 Å². The van der Waals surface area contributed by atoms with Crippen LogP contribution in [0.2, 0.25) is 0 Å². The average molecular weight is 409 g/mol. The van der Waals surface area contributed by atoms with E-state index in [1.54, 1.807) is 0 Å². The molecule has 160 valence electrons. The van der Waals surface area contributed by atoms with Crippen LogP contribution >= 0.6 is 0 Å². The highest BCUT2D eigenvalue weighted by Crippen LogP contribution is 2.48. The van der Waals surface area contributed by atoms with Crippen molar-refractivity contribution in [3.8, 4) is 0 Å². The second kappa shape index (κ2) is 8.63. The Morgan fingerprint density at radius 2 is 1.50 bits per heavy atom. The summed E-state index contributed by atoms with van der Waals surface area (Å²) in [4.78, 5) is 24.7. The molecule has 2 aromatic rings. The van der Waals surface area contributed by atoms with Crippen LogP contribution in [0.5, 0.6) is 0 Å². The second-order valence-electron chi connectivity index (χ2n) is 9.45. The minimum Gasteiger partial charge on any atom is -0.481 e. The fourth-order valence-electron chi connectivity index (χ4n) is 4.82. The topological polar surface area (TPSA) is 74.6 Å². The Kier molecular flexibility index (Phi) is 6.35. The predicted molar refractivity (Wildman–Crippen MR) is 118 cm³/mol. The lowest BCUT2D eigenvalue weighted by atomic mass is 9.62. The van der Waals surface area contributed by atoms with Crippen molar-refractivity contribution in [3.63, 3.8) is 0 Å². The second-order valence-corrected chi connectivity index (χ2v) is 9.45. The molecule has 1 aliphatic carbocycles. The molecule has 0 amide bonds. The van der Waals surface area contributed by atoms with Gasteiger partial charge in [-0.25, -0.2) is 0 Å². The van der Waals surface area contributed by atoms with Gasteiger partial charge in [-0.05, 0) is 65.3 Å². The molecule has 0 heterocycles. The zero-order chi connectivity index (χ0) is 22.1. The molecule has 0 fully saturated rings. The van der Waals surface area contributed by atoms with Gasteiger partial charge >= 0.3 is 11.9 Å². The molecule has 0 unspecified atom stereocenters. The van der Waals surface area contributed by atoms with Crippen molar-refractivity contribution < 1.29 is 19.8 Å². The molecule has 2 atom stereocenters. The number of aliphatic carboxylic acids is 2. The zero-order valence-electron chi connectivity index (χ0n) is 18.3. The summed E-state index contributed by atoms with van der Waals surface area (Å²) in [5.41, 5.74) is 3.02. The third kappa shape index (κ3) is 4.14. The molecule has 0 bridgehead atoms. The number of carbonyl (C=O) groups is 2. The highest BCUT2D eigenvalue weighted by atomic mass is 16.4. The van der Waals surface area contributed by atoms with E-state index in [0.29, 0.717) is 29.4 Å². The van der Waals surface area contributed by atoms with E-state index in [9.17, 15) is 19.8 Å². The quantitative estimate of drug-likeness (QED) is 0.642. The molecule has 4 heteroatoms. The molecule has 0 radical (unpaired) electrons. The minimum atomic E-state index is -1.22. The lowest BCUT2D eigenvalue weighted by Crippen LogP contribution is -2.42.